The summed E-state index contributed by atoms with van der Waals surface area (Å²) in [6, 6.07) is 6.69. The summed E-state index contributed by atoms with van der Waals surface area (Å²) in [6.07, 6.45) is 0. The molecule has 0 aliphatic heterocycles. The second kappa shape index (κ2) is 5.78. The number of benzene rings is 1. The van der Waals surface area contributed by atoms with E-state index in [-0.39, 0.29) is 5.91 Å². The minimum Gasteiger partial charge on any atom is -0.339 e. The standard InChI is InChI=1S/C11H14N4O/c1-3-15(4-2)11(16)9-6-5-7-10(8-9)13-14-12/h5-8H,3-4H2,1-2H3. The Balaban J connectivity index is 2.99. The van der Waals surface area contributed by atoms with Crippen molar-refractivity contribution in [3.8, 4) is 0 Å². The van der Waals surface area contributed by atoms with Crippen LogP contribution in [0.2, 0.25) is 0 Å². The summed E-state index contributed by atoms with van der Waals surface area (Å²) < 4.78 is 0. The van der Waals surface area contributed by atoms with Crippen molar-refractivity contribution in [1.82, 2.24) is 4.90 Å². The zero-order valence-corrected chi connectivity index (χ0v) is 9.42. The molecule has 1 aromatic rings. The first-order chi connectivity index (χ1) is 7.72. The average Bonchev–Trinajstić information content (AvgIpc) is 2.31. The normalized spacial score (nSPS) is 9.38. The van der Waals surface area contributed by atoms with E-state index in [9.17, 15) is 4.79 Å². The molecule has 1 rings (SSSR count). The highest BCUT2D eigenvalue weighted by Gasteiger charge is 2.11. The molecular formula is C11H14N4O. The molecule has 0 saturated heterocycles. The fraction of sp³-hybridized carbons (Fsp3) is 0.364. The second-order valence-electron chi connectivity index (χ2n) is 3.22. The molecule has 0 spiro atoms. The minimum absolute atomic E-state index is 0.0417. The van der Waals surface area contributed by atoms with Crippen LogP contribution >= 0.6 is 0 Å². The van der Waals surface area contributed by atoms with Gasteiger partial charge in [-0.05, 0) is 31.5 Å². The fourth-order valence-electron chi connectivity index (χ4n) is 1.45. The van der Waals surface area contributed by atoms with E-state index in [1.807, 2.05) is 13.8 Å². The second-order valence-corrected chi connectivity index (χ2v) is 3.22. The number of nitrogens with zero attached hydrogens (tertiary/aromatic N) is 4. The van der Waals surface area contributed by atoms with Crippen molar-refractivity contribution < 1.29 is 4.79 Å². The van der Waals surface area contributed by atoms with Gasteiger partial charge in [0.25, 0.3) is 5.91 Å². The smallest absolute Gasteiger partial charge is 0.253 e. The van der Waals surface area contributed by atoms with E-state index in [1.165, 1.54) is 0 Å². The first-order valence-corrected chi connectivity index (χ1v) is 5.17. The van der Waals surface area contributed by atoms with Crippen LogP contribution in [0.25, 0.3) is 10.4 Å². The topological polar surface area (TPSA) is 69.1 Å². The molecule has 1 amide bonds. The van der Waals surface area contributed by atoms with Crippen LogP contribution in [0.15, 0.2) is 29.4 Å². The summed E-state index contributed by atoms with van der Waals surface area (Å²) in [7, 11) is 0. The third-order valence-corrected chi connectivity index (χ3v) is 2.30. The molecule has 0 aliphatic rings. The monoisotopic (exact) mass is 218 g/mol. The predicted octanol–water partition coefficient (Wildman–Crippen LogP) is 3.11. The molecule has 0 N–H and O–H groups in total. The number of carbonyl (C=O) groups excluding carboxylic acids is 1. The van der Waals surface area contributed by atoms with Crippen LogP contribution in [0.3, 0.4) is 0 Å². The van der Waals surface area contributed by atoms with Gasteiger partial charge in [-0.15, -0.1) is 0 Å². The summed E-state index contributed by atoms with van der Waals surface area (Å²) >= 11 is 0. The Labute approximate surface area is 94.3 Å². The molecule has 0 fully saturated rings. The Kier molecular flexibility index (Phi) is 4.36. The third kappa shape index (κ3) is 2.74. The summed E-state index contributed by atoms with van der Waals surface area (Å²) in [6.45, 7) is 5.19. The van der Waals surface area contributed by atoms with Gasteiger partial charge in [0.2, 0.25) is 0 Å². The van der Waals surface area contributed by atoms with E-state index in [4.69, 9.17) is 5.53 Å². The zero-order chi connectivity index (χ0) is 12.0. The van der Waals surface area contributed by atoms with Crippen LogP contribution in [-0.2, 0) is 0 Å². The first-order valence-electron chi connectivity index (χ1n) is 5.17. The molecule has 0 saturated carbocycles. The number of rotatable bonds is 4. The Morgan fingerprint density at radius 2 is 2.12 bits per heavy atom. The van der Waals surface area contributed by atoms with Gasteiger partial charge in [-0.25, -0.2) is 0 Å². The van der Waals surface area contributed by atoms with Crippen molar-refractivity contribution in [3.05, 3.63) is 40.3 Å². The van der Waals surface area contributed by atoms with Crippen molar-refractivity contribution in [2.45, 2.75) is 13.8 Å². The molecule has 0 aromatic heterocycles. The largest absolute Gasteiger partial charge is 0.339 e. The summed E-state index contributed by atoms with van der Waals surface area (Å²) in [5.41, 5.74) is 9.32. The molecule has 1 aromatic carbocycles. The number of hydrogen-bond acceptors (Lipinski definition) is 2. The Hall–Kier alpha value is -2.00. The van der Waals surface area contributed by atoms with Gasteiger partial charge < -0.3 is 4.90 Å². The van der Waals surface area contributed by atoms with Crippen LogP contribution in [0, 0.1) is 0 Å². The maximum Gasteiger partial charge on any atom is 0.253 e. The summed E-state index contributed by atoms with van der Waals surface area (Å²) in [4.78, 5) is 16.4. The zero-order valence-electron chi connectivity index (χ0n) is 9.42. The SMILES string of the molecule is CCN(CC)C(=O)c1cccc(N=[N+]=[N-])c1. The van der Waals surface area contributed by atoms with Crippen LogP contribution in [0.4, 0.5) is 5.69 Å². The van der Waals surface area contributed by atoms with Crippen molar-refractivity contribution in [2.24, 2.45) is 5.11 Å². The van der Waals surface area contributed by atoms with E-state index in [0.717, 1.165) is 0 Å². The number of azide groups is 1. The van der Waals surface area contributed by atoms with Gasteiger partial charge in [-0.3, -0.25) is 4.79 Å². The maximum absolute atomic E-state index is 12.0. The molecule has 0 bridgehead atoms. The van der Waals surface area contributed by atoms with Gasteiger partial charge in [-0.2, -0.15) is 0 Å². The number of hydrogen-bond donors (Lipinski definition) is 0. The highest BCUT2D eigenvalue weighted by molar-refractivity contribution is 5.94. The van der Waals surface area contributed by atoms with Crippen molar-refractivity contribution in [1.29, 1.82) is 0 Å². The Bertz CT molecular complexity index is 420. The van der Waals surface area contributed by atoms with Crippen LogP contribution in [0.1, 0.15) is 24.2 Å². The highest BCUT2D eigenvalue weighted by Crippen LogP contribution is 2.15. The van der Waals surface area contributed by atoms with Gasteiger partial charge >= 0.3 is 0 Å². The molecule has 0 unspecified atom stereocenters. The van der Waals surface area contributed by atoms with Crippen LogP contribution in [0.5, 0.6) is 0 Å². The van der Waals surface area contributed by atoms with E-state index < -0.39 is 0 Å². The number of amides is 1. The molecule has 5 heteroatoms. The van der Waals surface area contributed by atoms with Gasteiger partial charge in [-0.1, -0.05) is 17.2 Å². The Morgan fingerprint density at radius 3 is 2.69 bits per heavy atom. The maximum atomic E-state index is 12.0. The minimum atomic E-state index is -0.0417. The lowest BCUT2D eigenvalue weighted by Gasteiger charge is -2.18. The summed E-state index contributed by atoms with van der Waals surface area (Å²) in [5, 5.41) is 3.47. The van der Waals surface area contributed by atoms with Crippen molar-refractivity contribution in [3.63, 3.8) is 0 Å². The van der Waals surface area contributed by atoms with Crippen LogP contribution in [-0.4, -0.2) is 23.9 Å². The van der Waals surface area contributed by atoms with Gasteiger partial charge in [0.05, 0.1) is 0 Å². The predicted molar refractivity (Wildman–Crippen MR) is 62.5 cm³/mol. The van der Waals surface area contributed by atoms with Gasteiger partial charge in [0.15, 0.2) is 0 Å². The summed E-state index contributed by atoms with van der Waals surface area (Å²) in [5.74, 6) is -0.0417. The van der Waals surface area contributed by atoms with E-state index in [2.05, 4.69) is 10.0 Å². The molecule has 0 heterocycles. The molecule has 0 atom stereocenters. The quantitative estimate of drug-likeness (QED) is 0.435. The lowest BCUT2D eigenvalue weighted by atomic mass is 10.2. The van der Waals surface area contributed by atoms with Crippen LogP contribution < -0.4 is 0 Å². The number of carbonyl (C=O) groups is 1. The molecule has 0 radical (unpaired) electrons. The molecule has 5 nitrogen and oxygen atoms in total. The van der Waals surface area contributed by atoms with Crippen molar-refractivity contribution >= 4 is 11.6 Å². The van der Waals surface area contributed by atoms with Gasteiger partial charge in [0.1, 0.15) is 0 Å². The molecular weight excluding hydrogens is 204 g/mol. The first kappa shape index (κ1) is 12.1. The third-order valence-electron chi connectivity index (χ3n) is 2.30. The average molecular weight is 218 g/mol. The highest BCUT2D eigenvalue weighted by atomic mass is 16.2. The lowest BCUT2D eigenvalue weighted by Crippen LogP contribution is -2.30. The van der Waals surface area contributed by atoms with Gasteiger partial charge in [0, 0.05) is 29.3 Å². The molecule has 84 valence electrons. The van der Waals surface area contributed by atoms with Crippen molar-refractivity contribution in [2.75, 3.05) is 13.1 Å². The Morgan fingerprint density at radius 1 is 1.44 bits per heavy atom. The van der Waals surface area contributed by atoms with E-state index >= 15 is 0 Å². The van der Waals surface area contributed by atoms with E-state index in [1.54, 1.807) is 29.2 Å². The fourth-order valence-corrected chi connectivity index (χ4v) is 1.45. The molecule has 0 aliphatic carbocycles. The lowest BCUT2D eigenvalue weighted by molar-refractivity contribution is 0.0773. The molecule has 16 heavy (non-hydrogen) atoms. The van der Waals surface area contributed by atoms with E-state index in [0.29, 0.717) is 24.3 Å².